The molecule has 1 heterocycles. The summed E-state index contributed by atoms with van der Waals surface area (Å²) >= 11 is 24.1. The quantitative estimate of drug-likeness (QED) is 0.0540. The van der Waals surface area contributed by atoms with E-state index in [0.717, 1.165) is 24.0 Å². The first-order valence-corrected chi connectivity index (χ1v) is 23.8. The number of carbonyl (C=O) groups is 4. The molecule has 6 amide bonds. The van der Waals surface area contributed by atoms with Gasteiger partial charge in [0, 0.05) is 54.1 Å². The number of hydrogen-bond donors (Lipinski definition) is 6. The summed E-state index contributed by atoms with van der Waals surface area (Å²) < 4.78 is 0. The van der Waals surface area contributed by atoms with Crippen molar-refractivity contribution in [2.24, 2.45) is 5.41 Å². The van der Waals surface area contributed by atoms with Crippen LogP contribution in [0.1, 0.15) is 106 Å². The lowest BCUT2D eigenvalue weighted by Crippen LogP contribution is -2.43. The second-order valence-corrected chi connectivity index (χ2v) is 19.0. The number of aliphatic hydroxyl groups excluding tert-OH is 2. The van der Waals surface area contributed by atoms with E-state index < -0.39 is 17.6 Å². The van der Waals surface area contributed by atoms with E-state index in [1.54, 1.807) is 94.9 Å². The number of carbonyl (C=O) groups excluding carboxylic acids is 4. The van der Waals surface area contributed by atoms with Gasteiger partial charge in [0.15, 0.2) is 6.20 Å². The van der Waals surface area contributed by atoms with Gasteiger partial charge in [-0.15, -0.1) is 0 Å². The number of rotatable bonds is 17. The SMILES string of the molecule is CC[C@@H](C)N(C[C@@H](O)c1ccc(Cl)c(Cl)c1)C(=O)Nc1ccc(CNC(=O)C(C)(C)C)cc1.CC[C@@H](C)N(C[C@@H](O)c1ccc(Cl)c(Cl)c1)C(=O)Nc1ccc(CNC(=O)c2cccc[nH+]2)cc1. The van der Waals surface area contributed by atoms with Crippen molar-refractivity contribution in [3.8, 4) is 0 Å². The minimum absolute atomic E-state index is 0.0235. The van der Waals surface area contributed by atoms with Gasteiger partial charge in [0.25, 0.3) is 5.69 Å². The van der Waals surface area contributed by atoms with Crippen LogP contribution in [0.5, 0.6) is 0 Å². The number of urea groups is 2. The average molecular weight is 1010 g/mol. The van der Waals surface area contributed by atoms with E-state index in [1.807, 2.05) is 72.7 Å². The van der Waals surface area contributed by atoms with Gasteiger partial charge in [-0.3, -0.25) is 9.59 Å². The molecule has 0 saturated heterocycles. The molecule has 0 aliphatic rings. The van der Waals surface area contributed by atoms with Crippen LogP contribution < -0.4 is 26.3 Å². The van der Waals surface area contributed by atoms with Gasteiger partial charge in [-0.2, -0.15) is 0 Å². The van der Waals surface area contributed by atoms with Crippen LogP contribution in [0.2, 0.25) is 20.1 Å². The number of aromatic nitrogens is 1. The maximum absolute atomic E-state index is 13.1. The predicted molar refractivity (Wildman–Crippen MR) is 272 cm³/mol. The summed E-state index contributed by atoms with van der Waals surface area (Å²) in [4.78, 5) is 56.4. The van der Waals surface area contributed by atoms with Gasteiger partial charge < -0.3 is 41.3 Å². The maximum atomic E-state index is 13.1. The molecule has 7 N–H and O–H groups in total. The molecule has 0 unspecified atom stereocenters. The highest BCUT2D eigenvalue weighted by Gasteiger charge is 2.26. The molecule has 17 heteroatoms. The number of benzene rings is 4. The highest BCUT2D eigenvalue weighted by molar-refractivity contribution is 6.42. The molecule has 0 spiro atoms. The van der Waals surface area contributed by atoms with Crippen LogP contribution in [0.4, 0.5) is 21.0 Å². The first-order chi connectivity index (χ1) is 32.2. The van der Waals surface area contributed by atoms with E-state index in [0.29, 0.717) is 61.4 Å². The third kappa shape index (κ3) is 17.0. The van der Waals surface area contributed by atoms with Crippen LogP contribution >= 0.6 is 46.4 Å². The number of anilines is 2. The van der Waals surface area contributed by atoms with Gasteiger partial charge in [0.1, 0.15) is 0 Å². The first kappa shape index (κ1) is 55.2. The average Bonchev–Trinajstić information content (AvgIpc) is 3.32. The van der Waals surface area contributed by atoms with Crippen LogP contribution in [-0.2, 0) is 17.9 Å². The van der Waals surface area contributed by atoms with Crippen molar-refractivity contribution < 1.29 is 34.4 Å². The largest absolute Gasteiger partial charge is 0.387 e. The first-order valence-electron chi connectivity index (χ1n) is 22.3. The van der Waals surface area contributed by atoms with Crippen LogP contribution in [-0.4, -0.2) is 69.1 Å². The molecular formula is C51H62Cl4N7O6+. The minimum Gasteiger partial charge on any atom is -0.387 e. The number of halogens is 4. The molecule has 1 aromatic heterocycles. The lowest BCUT2D eigenvalue weighted by atomic mass is 9.95. The summed E-state index contributed by atoms with van der Waals surface area (Å²) in [7, 11) is 0. The van der Waals surface area contributed by atoms with E-state index in [4.69, 9.17) is 46.4 Å². The zero-order valence-corrected chi connectivity index (χ0v) is 42.4. The molecule has 5 aromatic rings. The number of nitrogens with one attached hydrogen (secondary N) is 5. The molecule has 0 aliphatic carbocycles. The summed E-state index contributed by atoms with van der Waals surface area (Å²) in [5.41, 5.74) is 4.26. The van der Waals surface area contributed by atoms with Crippen molar-refractivity contribution >= 4 is 81.7 Å². The lowest BCUT2D eigenvalue weighted by Gasteiger charge is -2.31. The van der Waals surface area contributed by atoms with Crippen LogP contribution in [0.25, 0.3) is 0 Å². The molecule has 13 nitrogen and oxygen atoms in total. The Labute approximate surface area is 419 Å². The van der Waals surface area contributed by atoms with E-state index >= 15 is 0 Å². The van der Waals surface area contributed by atoms with E-state index in [-0.39, 0.29) is 49.0 Å². The summed E-state index contributed by atoms with van der Waals surface area (Å²) in [5, 5.41) is 34.5. The number of hydrogen-bond acceptors (Lipinski definition) is 6. The normalized spacial score (nSPS) is 12.8. The van der Waals surface area contributed by atoms with Crippen molar-refractivity contribution in [3.63, 3.8) is 0 Å². The summed E-state index contributed by atoms with van der Waals surface area (Å²) in [5.74, 6) is -0.225. The monoisotopic (exact) mass is 1010 g/mol. The van der Waals surface area contributed by atoms with Crippen molar-refractivity contribution in [3.05, 3.63) is 157 Å². The van der Waals surface area contributed by atoms with E-state index in [2.05, 4.69) is 26.3 Å². The van der Waals surface area contributed by atoms with Gasteiger partial charge in [0.05, 0.1) is 45.4 Å². The highest BCUT2D eigenvalue weighted by Crippen LogP contribution is 2.28. The standard InChI is InChI=1S/C26H28Cl2N4O3.C25H33Cl2N3O3/c1-3-17(2)32(16-24(33)19-9-12-21(27)22(28)14-19)26(35)31-20-10-7-18(8-11-20)15-30-25(34)23-6-4-5-13-29-23;1-6-16(2)30(15-22(31)18-9-12-20(26)21(27)13-18)24(33)29-19-10-7-17(8-11-19)14-28-23(32)25(3,4)5/h4-14,17,24,33H,3,15-16H2,1-2H3,(H,30,34)(H,31,35);7-13,16,22,31H,6,14-15H2,1-5H3,(H,28,32)(H,29,33)/p+1/t17-,24-;16-,22-/m11/s1. The molecule has 364 valence electrons. The highest BCUT2D eigenvalue weighted by atomic mass is 35.5. The molecule has 0 fully saturated rings. The number of pyridine rings is 1. The molecular weight excluding hydrogens is 948 g/mol. The second-order valence-electron chi connectivity index (χ2n) is 17.3. The summed E-state index contributed by atoms with van der Waals surface area (Å²) in [6, 6.07) is 28.9. The number of amides is 6. The van der Waals surface area contributed by atoms with Crippen LogP contribution in [0.15, 0.2) is 109 Å². The smallest absolute Gasteiger partial charge is 0.322 e. The van der Waals surface area contributed by atoms with Gasteiger partial charge in [-0.05, 0) is 104 Å². The predicted octanol–water partition coefficient (Wildman–Crippen LogP) is 11.1. The van der Waals surface area contributed by atoms with Gasteiger partial charge >= 0.3 is 18.0 Å². The number of H-pyrrole nitrogens is 1. The Bertz CT molecular complexity index is 2440. The zero-order valence-electron chi connectivity index (χ0n) is 39.4. The van der Waals surface area contributed by atoms with Gasteiger partial charge in [-0.25, -0.2) is 14.6 Å². The Balaban J connectivity index is 0.000000297. The third-order valence-electron chi connectivity index (χ3n) is 11.1. The Morgan fingerprint density at radius 1 is 0.603 bits per heavy atom. The number of nitrogens with zero attached hydrogens (tertiary/aromatic N) is 2. The number of aliphatic hydroxyl groups is 2. The Morgan fingerprint density at radius 3 is 1.40 bits per heavy atom. The van der Waals surface area contributed by atoms with Crippen molar-refractivity contribution in [2.75, 3.05) is 23.7 Å². The second kappa shape index (κ2) is 26.4. The fourth-order valence-corrected chi connectivity index (χ4v) is 7.06. The van der Waals surface area contributed by atoms with E-state index in [1.165, 1.54) is 0 Å². The van der Waals surface area contributed by atoms with Crippen molar-refractivity contribution in [1.29, 1.82) is 0 Å². The lowest BCUT2D eigenvalue weighted by molar-refractivity contribution is -0.382. The Hall–Kier alpha value is -5.41. The molecule has 4 aromatic carbocycles. The van der Waals surface area contributed by atoms with Gasteiger partial charge in [0.2, 0.25) is 5.91 Å². The Morgan fingerprint density at radius 2 is 1.03 bits per heavy atom. The van der Waals surface area contributed by atoms with Crippen molar-refractivity contribution in [2.45, 2.75) is 98.7 Å². The Kier molecular flexibility index (Phi) is 21.4. The summed E-state index contributed by atoms with van der Waals surface area (Å²) in [6.45, 7) is 14.4. The number of aromatic amines is 1. The molecule has 0 aliphatic heterocycles. The van der Waals surface area contributed by atoms with Crippen LogP contribution in [0.3, 0.4) is 0 Å². The fraction of sp³-hybridized carbons (Fsp3) is 0.353. The van der Waals surface area contributed by atoms with Crippen LogP contribution in [0, 0.1) is 5.41 Å². The third-order valence-corrected chi connectivity index (χ3v) is 12.6. The minimum atomic E-state index is -0.919. The topological polar surface area (TPSA) is 177 Å². The maximum Gasteiger partial charge on any atom is 0.322 e. The van der Waals surface area contributed by atoms with Crippen molar-refractivity contribution in [1.82, 2.24) is 20.4 Å². The molecule has 5 rings (SSSR count). The fourth-order valence-electron chi connectivity index (χ4n) is 6.45. The zero-order chi connectivity index (χ0) is 50.1. The molecule has 4 atom stereocenters. The summed E-state index contributed by atoms with van der Waals surface area (Å²) in [6.07, 6.45) is 1.32. The van der Waals surface area contributed by atoms with Gasteiger partial charge in [-0.1, -0.05) is 117 Å². The van der Waals surface area contributed by atoms with E-state index in [9.17, 15) is 29.4 Å². The molecule has 0 bridgehead atoms. The molecule has 68 heavy (non-hydrogen) atoms. The molecule has 0 radical (unpaired) electrons. The molecule has 0 saturated carbocycles.